The van der Waals surface area contributed by atoms with E-state index < -0.39 is 0 Å². The van der Waals surface area contributed by atoms with Crippen LogP contribution in [-0.4, -0.2) is 43.4 Å². The zero-order valence-corrected chi connectivity index (χ0v) is 11.3. The minimum absolute atomic E-state index is 0.0659. The van der Waals surface area contributed by atoms with Crippen molar-refractivity contribution >= 4 is 5.78 Å². The Morgan fingerprint density at radius 1 is 1.18 bits per heavy atom. The predicted molar refractivity (Wildman–Crippen MR) is 67.1 cm³/mol. The van der Waals surface area contributed by atoms with E-state index in [-0.39, 0.29) is 18.8 Å². The van der Waals surface area contributed by atoms with E-state index in [9.17, 15) is 4.79 Å². The van der Waals surface area contributed by atoms with Gasteiger partial charge in [0.2, 0.25) is 0 Å². The largest absolute Gasteiger partial charge is 0.394 e. The van der Waals surface area contributed by atoms with Crippen molar-refractivity contribution in [2.24, 2.45) is 0 Å². The molecule has 2 unspecified atom stereocenters. The van der Waals surface area contributed by atoms with Crippen molar-refractivity contribution in [1.82, 2.24) is 0 Å². The van der Waals surface area contributed by atoms with Crippen LogP contribution < -0.4 is 0 Å². The average molecular weight is 246 g/mol. The maximum atomic E-state index is 10.5. The molecule has 0 heterocycles. The lowest BCUT2D eigenvalue weighted by molar-refractivity contribution is -0.120. The summed E-state index contributed by atoms with van der Waals surface area (Å²) in [6.07, 6.45) is 5.26. The van der Waals surface area contributed by atoms with Gasteiger partial charge in [-0.2, -0.15) is 0 Å². The fraction of sp³-hybridized carbons (Fsp3) is 0.923. The second-order valence-electron chi connectivity index (χ2n) is 4.47. The second kappa shape index (κ2) is 10.7. The minimum atomic E-state index is -0.0856. The number of aliphatic hydroxyl groups is 1. The van der Waals surface area contributed by atoms with Crippen LogP contribution in [0, 0.1) is 0 Å². The van der Waals surface area contributed by atoms with E-state index in [1.54, 1.807) is 7.11 Å². The van der Waals surface area contributed by atoms with Crippen LogP contribution in [-0.2, 0) is 14.3 Å². The molecule has 0 aromatic rings. The molecule has 102 valence electrons. The molecule has 0 aromatic heterocycles. The molecule has 0 radical (unpaired) electrons. The fourth-order valence-corrected chi connectivity index (χ4v) is 1.37. The highest BCUT2D eigenvalue weighted by atomic mass is 16.5. The van der Waals surface area contributed by atoms with Crippen LogP contribution in [0.15, 0.2) is 0 Å². The Kier molecular flexibility index (Phi) is 10.4. The Morgan fingerprint density at radius 3 is 2.12 bits per heavy atom. The Balaban J connectivity index is 0.000000318. The average Bonchev–Trinajstić information content (AvgIpc) is 2.37. The highest BCUT2D eigenvalue weighted by molar-refractivity contribution is 5.78. The second-order valence-corrected chi connectivity index (χ2v) is 4.47. The lowest BCUT2D eigenvalue weighted by Gasteiger charge is -2.13. The molecule has 1 fully saturated rings. The van der Waals surface area contributed by atoms with Crippen LogP contribution in [0.25, 0.3) is 0 Å². The molecular weight excluding hydrogens is 220 g/mol. The smallest absolute Gasteiger partial charge is 0.132 e. The van der Waals surface area contributed by atoms with E-state index in [1.807, 2.05) is 13.8 Å². The summed E-state index contributed by atoms with van der Waals surface area (Å²) in [5.41, 5.74) is 0. The number of Topliss-reactive ketones (excluding diaryl/α,β-unsaturated/α-hetero) is 1. The van der Waals surface area contributed by atoms with E-state index >= 15 is 0 Å². The minimum Gasteiger partial charge on any atom is -0.394 e. The molecule has 1 aliphatic carbocycles. The van der Waals surface area contributed by atoms with Gasteiger partial charge in [0.05, 0.1) is 25.4 Å². The molecule has 1 N–H and O–H groups in total. The number of ether oxygens (including phenoxy) is 2. The van der Waals surface area contributed by atoms with Crippen molar-refractivity contribution in [1.29, 1.82) is 0 Å². The van der Waals surface area contributed by atoms with Crippen molar-refractivity contribution in [2.75, 3.05) is 20.3 Å². The molecule has 0 aromatic carbocycles. The van der Waals surface area contributed by atoms with Crippen LogP contribution in [0.3, 0.4) is 0 Å². The molecule has 0 saturated heterocycles. The molecule has 0 bridgehead atoms. The summed E-state index contributed by atoms with van der Waals surface area (Å²) >= 11 is 0. The van der Waals surface area contributed by atoms with Gasteiger partial charge in [-0.1, -0.05) is 6.42 Å². The van der Waals surface area contributed by atoms with Gasteiger partial charge < -0.3 is 14.6 Å². The van der Waals surface area contributed by atoms with Gasteiger partial charge in [0.25, 0.3) is 0 Å². The molecule has 1 saturated carbocycles. The first-order valence-corrected chi connectivity index (χ1v) is 6.37. The highest BCUT2D eigenvalue weighted by Crippen LogP contribution is 2.12. The third-order valence-corrected chi connectivity index (χ3v) is 2.69. The van der Waals surface area contributed by atoms with Gasteiger partial charge in [-0.15, -0.1) is 0 Å². The monoisotopic (exact) mass is 246 g/mol. The first-order valence-electron chi connectivity index (χ1n) is 6.37. The van der Waals surface area contributed by atoms with Crippen molar-refractivity contribution in [2.45, 2.75) is 58.2 Å². The Hall–Kier alpha value is -0.450. The van der Waals surface area contributed by atoms with Crippen LogP contribution >= 0.6 is 0 Å². The normalized spacial score (nSPS) is 19.2. The molecule has 0 spiro atoms. The van der Waals surface area contributed by atoms with Crippen LogP contribution in [0.5, 0.6) is 0 Å². The maximum absolute atomic E-state index is 10.5. The van der Waals surface area contributed by atoms with Gasteiger partial charge in [-0.25, -0.2) is 0 Å². The number of ketones is 1. The zero-order chi connectivity index (χ0) is 13.1. The van der Waals surface area contributed by atoms with E-state index in [4.69, 9.17) is 14.6 Å². The molecule has 4 heteroatoms. The first kappa shape index (κ1) is 16.6. The standard InChI is InChI=1S/C7H16O3.C6H10O/c1-6(4-8)10-5-7(2)9-3;7-6-4-2-1-3-5-6/h6-8H,4-5H2,1-3H3;1-5H2. The Bertz CT molecular complexity index is 176. The SMILES string of the molecule is COC(C)COC(C)CO.O=C1CCCCC1. The summed E-state index contributed by atoms with van der Waals surface area (Å²) in [7, 11) is 1.64. The summed E-state index contributed by atoms with van der Waals surface area (Å²) in [6.45, 7) is 4.35. The van der Waals surface area contributed by atoms with Crippen molar-refractivity contribution < 1.29 is 19.4 Å². The molecular formula is C13H26O4. The van der Waals surface area contributed by atoms with Crippen LogP contribution in [0.4, 0.5) is 0 Å². The predicted octanol–water partition coefficient (Wildman–Crippen LogP) is 1.94. The van der Waals surface area contributed by atoms with Gasteiger partial charge in [0.15, 0.2) is 0 Å². The zero-order valence-electron chi connectivity index (χ0n) is 11.3. The van der Waals surface area contributed by atoms with Gasteiger partial charge >= 0.3 is 0 Å². The van der Waals surface area contributed by atoms with E-state index in [2.05, 4.69) is 0 Å². The number of carbonyl (C=O) groups is 1. The molecule has 2 atom stereocenters. The number of methoxy groups -OCH3 is 1. The number of carbonyl (C=O) groups excluding carboxylic acids is 1. The van der Waals surface area contributed by atoms with Gasteiger partial charge in [-0.05, 0) is 26.7 Å². The number of hydrogen-bond donors (Lipinski definition) is 1. The molecule has 17 heavy (non-hydrogen) atoms. The van der Waals surface area contributed by atoms with Crippen LogP contribution in [0.2, 0.25) is 0 Å². The Labute approximate surface area is 104 Å². The van der Waals surface area contributed by atoms with Crippen molar-refractivity contribution in [3.63, 3.8) is 0 Å². The van der Waals surface area contributed by atoms with Crippen molar-refractivity contribution in [3.8, 4) is 0 Å². The maximum Gasteiger partial charge on any atom is 0.132 e. The third-order valence-electron chi connectivity index (χ3n) is 2.69. The van der Waals surface area contributed by atoms with Crippen molar-refractivity contribution in [3.05, 3.63) is 0 Å². The molecule has 0 aliphatic heterocycles. The molecule has 0 amide bonds. The number of aliphatic hydroxyl groups excluding tert-OH is 1. The lowest BCUT2D eigenvalue weighted by Crippen LogP contribution is -2.21. The topological polar surface area (TPSA) is 55.8 Å². The molecule has 1 rings (SSSR count). The van der Waals surface area contributed by atoms with Gasteiger partial charge in [0.1, 0.15) is 5.78 Å². The van der Waals surface area contributed by atoms with E-state index in [0.29, 0.717) is 12.4 Å². The van der Waals surface area contributed by atoms with Gasteiger partial charge in [-0.3, -0.25) is 4.79 Å². The van der Waals surface area contributed by atoms with E-state index in [0.717, 1.165) is 25.7 Å². The third kappa shape index (κ3) is 10.4. The summed E-state index contributed by atoms with van der Waals surface area (Å²) in [4.78, 5) is 10.5. The van der Waals surface area contributed by atoms with Gasteiger partial charge in [0, 0.05) is 20.0 Å². The van der Waals surface area contributed by atoms with E-state index in [1.165, 1.54) is 6.42 Å². The summed E-state index contributed by atoms with van der Waals surface area (Å²) < 4.78 is 10.1. The number of hydrogen-bond acceptors (Lipinski definition) is 4. The summed E-state index contributed by atoms with van der Waals surface area (Å²) in [5.74, 6) is 0.464. The Morgan fingerprint density at radius 2 is 1.76 bits per heavy atom. The molecule has 1 aliphatic rings. The van der Waals surface area contributed by atoms with Crippen LogP contribution in [0.1, 0.15) is 46.0 Å². The molecule has 4 nitrogen and oxygen atoms in total. The quantitative estimate of drug-likeness (QED) is 0.805. The fourth-order valence-electron chi connectivity index (χ4n) is 1.37. The first-order chi connectivity index (χ1) is 8.10. The highest BCUT2D eigenvalue weighted by Gasteiger charge is 2.06. The number of rotatable bonds is 5. The summed E-state index contributed by atoms with van der Waals surface area (Å²) in [6, 6.07) is 0. The lowest BCUT2D eigenvalue weighted by atomic mass is 10.00. The summed E-state index contributed by atoms with van der Waals surface area (Å²) in [5, 5.41) is 8.55.